The molecule has 0 spiro atoms. The number of amides is 1. The maximum Gasteiger partial charge on any atom is 0.216 e. The number of carbonyl (C=O) groups is 1. The average molecular weight is 234 g/mol. The summed E-state index contributed by atoms with van der Waals surface area (Å²) in [7, 11) is 0. The first-order valence-electron chi connectivity index (χ1n) is 5.34. The molecule has 1 heterocycles. The summed E-state index contributed by atoms with van der Waals surface area (Å²) < 4.78 is 1.03. The van der Waals surface area contributed by atoms with E-state index in [0.717, 1.165) is 15.7 Å². The van der Waals surface area contributed by atoms with Crippen LogP contribution in [0.2, 0.25) is 0 Å². The van der Waals surface area contributed by atoms with Gasteiger partial charge in [-0.05, 0) is 30.2 Å². The molecule has 5 nitrogen and oxygen atoms in total. The van der Waals surface area contributed by atoms with Gasteiger partial charge in [0.15, 0.2) is 0 Å². The molecule has 0 aliphatic heterocycles. The van der Waals surface area contributed by atoms with E-state index in [-0.39, 0.29) is 11.7 Å². The summed E-state index contributed by atoms with van der Waals surface area (Å²) in [5.74, 6) is 0.0741. The summed E-state index contributed by atoms with van der Waals surface area (Å²) in [5.41, 5.74) is 1.52. The smallest absolute Gasteiger partial charge is 0.216 e. The number of nitrogens with zero attached hydrogens (tertiary/aromatic N) is 1. The standard InChI is InChI=1S/C12H14N2O3/c1-8(15)13-5-4-9-7-14(17)12-3-2-10(16)6-11(9)12/h2-3,6-7,16-17H,4-5H2,1H3,(H,13,15). The van der Waals surface area contributed by atoms with Crippen LogP contribution in [0.15, 0.2) is 24.4 Å². The lowest BCUT2D eigenvalue weighted by atomic mass is 10.1. The molecule has 0 aliphatic rings. The second-order valence-electron chi connectivity index (χ2n) is 3.93. The maximum absolute atomic E-state index is 10.8. The fraction of sp³-hybridized carbons (Fsp3) is 0.250. The summed E-state index contributed by atoms with van der Waals surface area (Å²) in [6.45, 7) is 1.96. The highest BCUT2D eigenvalue weighted by Crippen LogP contribution is 2.24. The molecule has 0 bridgehead atoms. The zero-order valence-electron chi connectivity index (χ0n) is 9.47. The largest absolute Gasteiger partial charge is 0.508 e. The fourth-order valence-electron chi connectivity index (χ4n) is 1.84. The van der Waals surface area contributed by atoms with Crippen LogP contribution in [0.5, 0.6) is 5.75 Å². The Hall–Kier alpha value is -2.17. The second-order valence-corrected chi connectivity index (χ2v) is 3.93. The molecular formula is C12H14N2O3. The van der Waals surface area contributed by atoms with Crippen LogP contribution in [-0.2, 0) is 11.2 Å². The number of aromatic nitrogens is 1. The number of benzene rings is 1. The number of carbonyl (C=O) groups excluding carboxylic acids is 1. The Balaban J connectivity index is 2.27. The van der Waals surface area contributed by atoms with Crippen LogP contribution in [-0.4, -0.2) is 27.5 Å². The van der Waals surface area contributed by atoms with E-state index in [9.17, 15) is 15.1 Å². The zero-order valence-corrected chi connectivity index (χ0v) is 9.47. The van der Waals surface area contributed by atoms with Crippen molar-refractivity contribution >= 4 is 16.8 Å². The molecule has 90 valence electrons. The number of aromatic hydroxyl groups is 1. The highest BCUT2D eigenvalue weighted by atomic mass is 16.5. The van der Waals surface area contributed by atoms with E-state index in [0.29, 0.717) is 18.5 Å². The number of nitrogens with one attached hydrogen (secondary N) is 1. The molecule has 0 fully saturated rings. The molecule has 0 atom stereocenters. The van der Waals surface area contributed by atoms with Gasteiger partial charge >= 0.3 is 0 Å². The van der Waals surface area contributed by atoms with Gasteiger partial charge in [-0.15, -0.1) is 0 Å². The van der Waals surface area contributed by atoms with Crippen molar-refractivity contribution in [2.24, 2.45) is 0 Å². The molecule has 1 aromatic heterocycles. The normalized spacial score (nSPS) is 10.6. The minimum atomic E-state index is -0.0828. The Morgan fingerprint density at radius 2 is 2.24 bits per heavy atom. The highest BCUT2D eigenvalue weighted by Gasteiger charge is 2.08. The third-order valence-electron chi connectivity index (χ3n) is 2.62. The summed E-state index contributed by atoms with van der Waals surface area (Å²) in [6, 6.07) is 4.77. The van der Waals surface area contributed by atoms with Crippen molar-refractivity contribution in [3.8, 4) is 5.75 Å². The van der Waals surface area contributed by atoms with Crippen molar-refractivity contribution in [1.29, 1.82) is 0 Å². The molecule has 5 heteroatoms. The van der Waals surface area contributed by atoms with Gasteiger partial charge in [0.25, 0.3) is 0 Å². The predicted molar refractivity (Wildman–Crippen MR) is 63.2 cm³/mol. The molecule has 17 heavy (non-hydrogen) atoms. The summed E-state index contributed by atoms with van der Waals surface area (Å²) >= 11 is 0. The molecule has 0 unspecified atom stereocenters. The lowest BCUT2D eigenvalue weighted by Crippen LogP contribution is -2.22. The maximum atomic E-state index is 10.8. The van der Waals surface area contributed by atoms with Crippen LogP contribution in [0.25, 0.3) is 10.9 Å². The van der Waals surface area contributed by atoms with Crippen LogP contribution in [0, 0.1) is 0 Å². The first-order chi connectivity index (χ1) is 8.08. The van der Waals surface area contributed by atoms with E-state index in [1.165, 1.54) is 13.0 Å². The molecule has 0 aliphatic carbocycles. The van der Waals surface area contributed by atoms with Gasteiger partial charge in [0.2, 0.25) is 5.91 Å². The van der Waals surface area contributed by atoms with Crippen molar-refractivity contribution in [2.75, 3.05) is 6.54 Å². The van der Waals surface area contributed by atoms with Crippen molar-refractivity contribution in [2.45, 2.75) is 13.3 Å². The number of hydrogen-bond acceptors (Lipinski definition) is 3. The fourth-order valence-corrected chi connectivity index (χ4v) is 1.84. The first kappa shape index (κ1) is 11.3. The zero-order chi connectivity index (χ0) is 12.4. The van der Waals surface area contributed by atoms with Crippen molar-refractivity contribution in [1.82, 2.24) is 10.0 Å². The van der Waals surface area contributed by atoms with Gasteiger partial charge in [0, 0.05) is 25.1 Å². The van der Waals surface area contributed by atoms with E-state index >= 15 is 0 Å². The monoisotopic (exact) mass is 234 g/mol. The minimum absolute atomic E-state index is 0.0828. The van der Waals surface area contributed by atoms with Gasteiger partial charge < -0.3 is 15.6 Å². The molecule has 2 rings (SSSR count). The number of fused-ring (bicyclic) bond motifs is 1. The number of phenolic OH excluding ortho intramolecular Hbond substituents is 1. The topological polar surface area (TPSA) is 74.5 Å². The van der Waals surface area contributed by atoms with Gasteiger partial charge in [-0.25, -0.2) is 0 Å². The first-order valence-corrected chi connectivity index (χ1v) is 5.34. The van der Waals surface area contributed by atoms with Crippen LogP contribution in [0.1, 0.15) is 12.5 Å². The van der Waals surface area contributed by atoms with E-state index in [1.807, 2.05) is 0 Å². The third-order valence-corrected chi connectivity index (χ3v) is 2.62. The van der Waals surface area contributed by atoms with Crippen molar-refractivity contribution < 1.29 is 15.1 Å². The summed E-state index contributed by atoms with van der Waals surface area (Å²) in [4.78, 5) is 10.8. The third kappa shape index (κ3) is 2.33. The number of hydrogen-bond donors (Lipinski definition) is 3. The van der Waals surface area contributed by atoms with Crippen LogP contribution >= 0.6 is 0 Å². The Morgan fingerprint density at radius 1 is 1.47 bits per heavy atom. The highest BCUT2D eigenvalue weighted by molar-refractivity contribution is 5.85. The Bertz CT molecular complexity index is 560. The van der Waals surface area contributed by atoms with Crippen LogP contribution < -0.4 is 5.32 Å². The van der Waals surface area contributed by atoms with Crippen molar-refractivity contribution in [3.05, 3.63) is 30.0 Å². The van der Waals surface area contributed by atoms with Gasteiger partial charge in [0.05, 0.1) is 5.52 Å². The van der Waals surface area contributed by atoms with Gasteiger partial charge in [-0.1, -0.05) is 0 Å². The second kappa shape index (κ2) is 4.37. The Morgan fingerprint density at radius 3 is 2.94 bits per heavy atom. The molecule has 1 aromatic carbocycles. The van der Waals surface area contributed by atoms with E-state index in [4.69, 9.17) is 0 Å². The molecule has 0 radical (unpaired) electrons. The quantitative estimate of drug-likeness (QED) is 0.700. The van der Waals surface area contributed by atoms with Crippen LogP contribution in [0.4, 0.5) is 0 Å². The summed E-state index contributed by atoms with van der Waals surface area (Å²) in [5, 5.41) is 22.5. The minimum Gasteiger partial charge on any atom is -0.508 e. The predicted octanol–water partition coefficient (Wildman–Crippen LogP) is 1.26. The molecule has 3 N–H and O–H groups in total. The summed E-state index contributed by atoms with van der Waals surface area (Å²) in [6.07, 6.45) is 2.19. The lowest BCUT2D eigenvalue weighted by molar-refractivity contribution is -0.118. The van der Waals surface area contributed by atoms with E-state index in [2.05, 4.69) is 5.32 Å². The van der Waals surface area contributed by atoms with Gasteiger partial charge in [-0.3, -0.25) is 4.79 Å². The molecule has 0 saturated heterocycles. The van der Waals surface area contributed by atoms with E-state index in [1.54, 1.807) is 18.3 Å². The molecule has 2 aromatic rings. The lowest BCUT2D eigenvalue weighted by Gasteiger charge is -2.00. The molecule has 1 amide bonds. The number of rotatable bonds is 3. The molecule has 0 saturated carbocycles. The van der Waals surface area contributed by atoms with E-state index < -0.39 is 0 Å². The van der Waals surface area contributed by atoms with Crippen LogP contribution in [0.3, 0.4) is 0 Å². The molecular weight excluding hydrogens is 220 g/mol. The van der Waals surface area contributed by atoms with Gasteiger partial charge in [0.1, 0.15) is 5.75 Å². The van der Waals surface area contributed by atoms with Crippen molar-refractivity contribution in [3.63, 3.8) is 0 Å². The Labute approximate surface area is 98.2 Å². The Kier molecular flexibility index (Phi) is 2.91. The van der Waals surface area contributed by atoms with Gasteiger partial charge in [-0.2, -0.15) is 4.73 Å². The number of phenols is 1. The SMILES string of the molecule is CC(=O)NCCc1cn(O)c2ccc(O)cc12. The average Bonchev–Trinajstić information content (AvgIpc) is 2.55.